The van der Waals surface area contributed by atoms with Gasteiger partial charge in [0.25, 0.3) is 0 Å². The van der Waals surface area contributed by atoms with Crippen LogP contribution in [0.25, 0.3) is 0 Å². The molecule has 0 aliphatic heterocycles. The Morgan fingerprint density at radius 3 is 2.41 bits per heavy atom. The number of carbonyl (C=O) groups excluding carboxylic acids is 1. The Bertz CT molecular complexity index is 581. The summed E-state index contributed by atoms with van der Waals surface area (Å²) in [6, 6.07) is 9.66. The summed E-state index contributed by atoms with van der Waals surface area (Å²) in [5, 5.41) is 0. The Labute approximate surface area is 111 Å². The van der Waals surface area contributed by atoms with E-state index in [4.69, 9.17) is 0 Å². The van der Waals surface area contributed by atoms with Gasteiger partial charge in [-0.1, -0.05) is 12.1 Å². The van der Waals surface area contributed by atoms with Gasteiger partial charge in [0.2, 0.25) is 0 Å². The third-order valence-electron chi connectivity index (χ3n) is 2.29. The van der Waals surface area contributed by atoms with Gasteiger partial charge in [0.05, 0.1) is 5.56 Å². The van der Waals surface area contributed by atoms with E-state index < -0.39 is 17.4 Å². The maximum Gasteiger partial charge on any atom is 0.197 e. The van der Waals surface area contributed by atoms with Gasteiger partial charge in [-0.2, -0.15) is 0 Å². The molecule has 0 fully saturated rings. The quantitative estimate of drug-likeness (QED) is 0.598. The highest BCUT2D eigenvalue weighted by Crippen LogP contribution is 2.19. The normalized spacial score (nSPS) is 10.3. The lowest BCUT2D eigenvalue weighted by molar-refractivity contribution is 0.103. The van der Waals surface area contributed by atoms with Crippen LogP contribution in [-0.2, 0) is 0 Å². The second-order valence-electron chi connectivity index (χ2n) is 3.43. The Morgan fingerprint density at radius 2 is 1.71 bits per heavy atom. The van der Waals surface area contributed by atoms with Crippen molar-refractivity contribution in [2.45, 2.75) is 0 Å². The van der Waals surface area contributed by atoms with Crippen molar-refractivity contribution in [1.29, 1.82) is 0 Å². The van der Waals surface area contributed by atoms with E-state index in [2.05, 4.69) is 0 Å². The van der Waals surface area contributed by atoms with Crippen LogP contribution in [0.15, 0.2) is 42.5 Å². The molecule has 0 N–H and O–H groups in total. The molecule has 2 aromatic carbocycles. The minimum absolute atomic E-state index is 0.242. The highest BCUT2D eigenvalue weighted by atomic mass is 127. The molecular weight excluding hydrogens is 337 g/mol. The van der Waals surface area contributed by atoms with E-state index in [-0.39, 0.29) is 5.56 Å². The molecule has 0 spiro atoms. The van der Waals surface area contributed by atoms with E-state index in [9.17, 15) is 13.6 Å². The zero-order valence-electron chi connectivity index (χ0n) is 8.58. The van der Waals surface area contributed by atoms with Crippen LogP contribution in [0.3, 0.4) is 0 Å². The standard InChI is InChI=1S/C13H7F2IO/c14-8-5-6-11(15)10(7-8)13(17)9-3-1-2-4-12(9)16/h1-7H. The summed E-state index contributed by atoms with van der Waals surface area (Å²) in [4.78, 5) is 12.0. The Hall–Kier alpha value is -1.30. The smallest absolute Gasteiger partial charge is 0.197 e. The predicted molar refractivity (Wildman–Crippen MR) is 68.9 cm³/mol. The Kier molecular flexibility index (Phi) is 3.51. The number of halogens is 3. The maximum atomic E-state index is 13.4. The van der Waals surface area contributed by atoms with E-state index in [1.807, 2.05) is 22.6 Å². The first kappa shape index (κ1) is 12.2. The zero-order valence-corrected chi connectivity index (χ0v) is 10.7. The van der Waals surface area contributed by atoms with Gasteiger partial charge in [0.1, 0.15) is 11.6 Å². The van der Waals surface area contributed by atoms with E-state index >= 15 is 0 Å². The summed E-state index contributed by atoms with van der Waals surface area (Å²) in [6.45, 7) is 0. The van der Waals surface area contributed by atoms with Crippen molar-refractivity contribution in [1.82, 2.24) is 0 Å². The summed E-state index contributed by atoms with van der Waals surface area (Å²) in [7, 11) is 0. The first-order chi connectivity index (χ1) is 8.09. The third kappa shape index (κ3) is 2.52. The molecule has 0 aromatic heterocycles. The molecule has 4 heteroatoms. The minimum Gasteiger partial charge on any atom is -0.288 e. The molecule has 2 rings (SSSR count). The highest BCUT2D eigenvalue weighted by Gasteiger charge is 2.16. The van der Waals surface area contributed by atoms with E-state index in [0.29, 0.717) is 9.13 Å². The molecule has 17 heavy (non-hydrogen) atoms. The molecule has 0 radical (unpaired) electrons. The molecule has 0 aliphatic rings. The fourth-order valence-corrected chi connectivity index (χ4v) is 2.09. The molecule has 0 saturated heterocycles. The fourth-order valence-electron chi connectivity index (χ4n) is 1.46. The summed E-state index contributed by atoms with van der Waals surface area (Å²) in [5.41, 5.74) is 0.131. The summed E-state index contributed by atoms with van der Waals surface area (Å²) >= 11 is 1.99. The second-order valence-corrected chi connectivity index (χ2v) is 4.60. The van der Waals surface area contributed by atoms with Gasteiger partial charge in [0, 0.05) is 9.13 Å². The number of ketones is 1. The maximum absolute atomic E-state index is 13.4. The summed E-state index contributed by atoms with van der Waals surface area (Å²) in [6.07, 6.45) is 0. The van der Waals surface area contributed by atoms with Crippen LogP contribution in [0.2, 0.25) is 0 Å². The number of rotatable bonds is 2. The molecule has 0 heterocycles. The molecule has 2 aromatic rings. The van der Waals surface area contributed by atoms with Crippen molar-refractivity contribution in [2.24, 2.45) is 0 Å². The predicted octanol–water partition coefficient (Wildman–Crippen LogP) is 3.80. The van der Waals surface area contributed by atoms with E-state index in [1.54, 1.807) is 24.3 Å². The number of hydrogen-bond acceptors (Lipinski definition) is 1. The van der Waals surface area contributed by atoms with Gasteiger partial charge in [-0.05, 0) is 52.9 Å². The molecule has 0 unspecified atom stereocenters. The van der Waals surface area contributed by atoms with Crippen LogP contribution >= 0.6 is 22.6 Å². The largest absolute Gasteiger partial charge is 0.288 e. The van der Waals surface area contributed by atoms with Gasteiger partial charge in [-0.25, -0.2) is 8.78 Å². The lowest BCUT2D eigenvalue weighted by Crippen LogP contribution is -2.06. The van der Waals surface area contributed by atoms with E-state index in [0.717, 1.165) is 18.2 Å². The molecular formula is C13H7F2IO. The van der Waals surface area contributed by atoms with Crippen LogP contribution in [-0.4, -0.2) is 5.78 Å². The third-order valence-corrected chi connectivity index (χ3v) is 3.23. The average Bonchev–Trinajstić information content (AvgIpc) is 2.32. The molecule has 0 saturated carbocycles. The Morgan fingerprint density at radius 1 is 1.00 bits per heavy atom. The minimum atomic E-state index is -0.712. The average molecular weight is 344 g/mol. The van der Waals surface area contributed by atoms with Crippen molar-refractivity contribution in [2.75, 3.05) is 0 Å². The van der Waals surface area contributed by atoms with Gasteiger partial charge in [-0.15, -0.1) is 0 Å². The van der Waals surface area contributed by atoms with Gasteiger partial charge < -0.3 is 0 Å². The monoisotopic (exact) mass is 344 g/mol. The molecule has 0 bridgehead atoms. The topological polar surface area (TPSA) is 17.1 Å². The summed E-state index contributed by atoms with van der Waals surface area (Å²) in [5.74, 6) is -1.84. The molecule has 0 atom stereocenters. The number of benzene rings is 2. The molecule has 0 aliphatic carbocycles. The van der Waals surface area contributed by atoms with Crippen LogP contribution in [0.4, 0.5) is 8.78 Å². The van der Waals surface area contributed by atoms with Crippen molar-refractivity contribution in [3.05, 3.63) is 68.8 Å². The van der Waals surface area contributed by atoms with Crippen molar-refractivity contribution >= 4 is 28.4 Å². The van der Waals surface area contributed by atoms with Gasteiger partial charge >= 0.3 is 0 Å². The molecule has 0 amide bonds. The molecule has 1 nitrogen and oxygen atoms in total. The van der Waals surface area contributed by atoms with Crippen molar-refractivity contribution in [3.8, 4) is 0 Å². The van der Waals surface area contributed by atoms with Crippen molar-refractivity contribution in [3.63, 3.8) is 0 Å². The second kappa shape index (κ2) is 4.91. The lowest BCUT2D eigenvalue weighted by Gasteiger charge is -2.04. The van der Waals surface area contributed by atoms with Crippen LogP contribution in [0, 0.1) is 15.2 Å². The SMILES string of the molecule is O=C(c1cc(F)ccc1F)c1ccccc1I. The van der Waals surface area contributed by atoms with Gasteiger partial charge in [0.15, 0.2) is 5.78 Å². The van der Waals surface area contributed by atoms with Crippen LogP contribution < -0.4 is 0 Å². The first-order valence-electron chi connectivity index (χ1n) is 4.84. The van der Waals surface area contributed by atoms with Crippen molar-refractivity contribution < 1.29 is 13.6 Å². The van der Waals surface area contributed by atoms with Crippen LogP contribution in [0.5, 0.6) is 0 Å². The summed E-state index contributed by atoms with van der Waals surface area (Å²) < 4.78 is 27.2. The van der Waals surface area contributed by atoms with E-state index in [1.165, 1.54) is 0 Å². The zero-order chi connectivity index (χ0) is 12.4. The molecule has 86 valence electrons. The van der Waals surface area contributed by atoms with Gasteiger partial charge in [-0.3, -0.25) is 4.79 Å². The lowest BCUT2D eigenvalue weighted by atomic mass is 10.0. The number of hydrogen-bond donors (Lipinski definition) is 0. The first-order valence-corrected chi connectivity index (χ1v) is 5.92. The number of carbonyl (C=O) groups is 1. The van der Waals surface area contributed by atoms with Crippen LogP contribution in [0.1, 0.15) is 15.9 Å². The Balaban J connectivity index is 2.51. The fraction of sp³-hybridized carbons (Fsp3) is 0. The highest BCUT2D eigenvalue weighted by molar-refractivity contribution is 14.1.